The van der Waals surface area contributed by atoms with Crippen molar-refractivity contribution in [2.24, 2.45) is 0 Å². The molecule has 5 nitrogen and oxygen atoms in total. The van der Waals surface area contributed by atoms with E-state index in [-0.39, 0.29) is 5.78 Å². The maximum atomic E-state index is 11.7. The Morgan fingerprint density at radius 2 is 2.12 bits per heavy atom. The smallest absolute Gasteiger partial charge is 0.222 e. The van der Waals surface area contributed by atoms with Crippen LogP contribution in [-0.2, 0) is 0 Å². The van der Waals surface area contributed by atoms with Crippen LogP contribution in [0.2, 0.25) is 0 Å². The number of aryl methyl sites for hydroxylation is 1. The first kappa shape index (κ1) is 11.1. The number of nitrogens with one attached hydrogen (secondary N) is 2. The molecule has 0 aliphatic rings. The van der Waals surface area contributed by atoms with Crippen molar-refractivity contribution in [1.82, 2.24) is 15.2 Å². The Morgan fingerprint density at radius 1 is 1.35 bits per heavy atom. The molecule has 0 atom stereocenters. The van der Waals surface area contributed by atoms with Gasteiger partial charge in [-0.1, -0.05) is 29.8 Å². The molecule has 0 spiro atoms. The highest BCUT2D eigenvalue weighted by molar-refractivity contribution is 6.04. The lowest BCUT2D eigenvalue weighted by Crippen LogP contribution is -1.97. The predicted octanol–water partition coefficient (Wildman–Crippen LogP) is 1.92. The molecule has 2 rings (SSSR count). The van der Waals surface area contributed by atoms with E-state index in [1.54, 1.807) is 12.1 Å². The number of rotatable bonds is 4. The Kier molecular flexibility index (Phi) is 3.30. The van der Waals surface area contributed by atoms with Gasteiger partial charge in [-0.05, 0) is 6.92 Å². The van der Waals surface area contributed by atoms with E-state index in [1.807, 2.05) is 19.1 Å². The van der Waals surface area contributed by atoms with Gasteiger partial charge in [-0.25, -0.2) is 5.10 Å². The summed E-state index contributed by atoms with van der Waals surface area (Å²) in [5.41, 5.74) is 1.79. The van der Waals surface area contributed by atoms with Crippen molar-refractivity contribution in [3.63, 3.8) is 0 Å². The summed E-state index contributed by atoms with van der Waals surface area (Å²) in [6.07, 6.45) is 4.37. The van der Waals surface area contributed by atoms with Gasteiger partial charge in [-0.2, -0.15) is 10.1 Å². The zero-order valence-electron chi connectivity index (χ0n) is 9.34. The van der Waals surface area contributed by atoms with Crippen molar-refractivity contribution in [2.45, 2.75) is 6.92 Å². The summed E-state index contributed by atoms with van der Waals surface area (Å²) >= 11 is 0. The highest BCUT2D eigenvalue weighted by Gasteiger charge is 2.00. The number of hydrogen-bond donors (Lipinski definition) is 2. The Morgan fingerprint density at radius 3 is 2.76 bits per heavy atom. The number of hydrogen-bond acceptors (Lipinski definition) is 4. The van der Waals surface area contributed by atoms with Crippen LogP contribution in [0, 0.1) is 6.92 Å². The Balaban J connectivity index is 1.97. The SMILES string of the molecule is Cc1ccc(C(=O)/C=C\Nc2ncn[nH]2)cc1. The number of allylic oxidation sites excluding steroid dienone is 1. The Hall–Kier alpha value is -2.43. The largest absolute Gasteiger partial charge is 0.331 e. The minimum atomic E-state index is -0.0583. The van der Waals surface area contributed by atoms with Crippen LogP contribution in [-0.4, -0.2) is 21.0 Å². The van der Waals surface area contributed by atoms with E-state index in [0.717, 1.165) is 5.56 Å². The number of aromatic nitrogens is 3. The molecule has 2 N–H and O–H groups in total. The van der Waals surface area contributed by atoms with Crippen LogP contribution < -0.4 is 5.32 Å². The highest BCUT2D eigenvalue weighted by atomic mass is 16.1. The molecule has 5 heteroatoms. The second-order valence-electron chi connectivity index (χ2n) is 3.54. The van der Waals surface area contributed by atoms with Gasteiger partial charge in [0.15, 0.2) is 5.78 Å². The van der Waals surface area contributed by atoms with Gasteiger partial charge in [-0.15, -0.1) is 0 Å². The minimum absolute atomic E-state index is 0.0583. The molecular formula is C12H12N4O. The van der Waals surface area contributed by atoms with Gasteiger partial charge < -0.3 is 5.32 Å². The van der Waals surface area contributed by atoms with Gasteiger partial charge >= 0.3 is 0 Å². The first-order chi connectivity index (χ1) is 8.25. The molecule has 0 unspecified atom stereocenters. The summed E-state index contributed by atoms with van der Waals surface area (Å²) in [6, 6.07) is 7.42. The molecule has 0 amide bonds. The second-order valence-corrected chi connectivity index (χ2v) is 3.54. The van der Waals surface area contributed by atoms with Crippen LogP contribution in [0.5, 0.6) is 0 Å². The monoisotopic (exact) mass is 228 g/mol. The molecule has 86 valence electrons. The summed E-state index contributed by atoms with van der Waals surface area (Å²) < 4.78 is 0. The molecule has 0 aliphatic carbocycles. The van der Waals surface area contributed by atoms with Crippen LogP contribution in [0.25, 0.3) is 0 Å². The standard InChI is InChI=1S/C12H12N4O/c1-9-2-4-10(5-3-9)11(17)6-7-13-12-14-8-15-16-12/h2-8H,1H3,(H2,13,14,15,16)/b7-6-. The number of H-pyrrole nitrogens is 1. The third-order valence-corrected chi connectivity index (χ3v) is 2.21. The number of carbonyl (C=O) groups excluding carboxylic acids is 1. The maximum absolute atomic E-state index is 11.7. The van der Waals surface area contributed by atoms with Crippen LogP contribution in [0.4, 0.5) is 5.95 Å². The molecule has 1 aromatic carbocycles. The van der Waals surface area contributed by atoms with Crippen molar-refractivity contribution in [3.05, 3.63) is 54.0 Å². The average Bonchev–Trinajstić information content (AvgIpc) is 2.83. The number of benzene rings is 1. The number of nitrogens with zero attached hydrogens (tertiary/aromatic N) is 2. The third kappa shape index (κ3) is 3.01. The van der Waals surface area contributed by atoms with Crippen molar-refractivity contribution < 1.29 is 4.79 Å². The molecular weight excluding hydrogens is 216 g/mol. The van der Waals surface area contributed by atoms with E-state index in [0.29, 0.717) is 11.5 Å². The van der Waals surface area contributed by atoms with Crippen LogP contribution in [0.3, 0.4) is 0 Å². The van der Waals surface area contributed by atoms with E-state index in [9.17, 15) is 4.79 Å². The van der Waals surface area contributed by atoms with Crippen LogP contribution in [0.1, 0.15) is 15.9 Å². The summed E-state index contributed by atoms with van der Waals surface area (Å²) in [4.78, 5) is 15.6. The number of carbonyl (C=O) groups is 1. The number of aromatic amines is 1. The minimum Gasteiger partial charge on any atom is -0.331 e. The molecule has 0 fully saturated rings. The van der Waals surface area contributed by atoms with E-state index < -0.39 is 0 Å². The molecule has 17 heavy (non-hydrogen) atoms. The fourth-order valence-electron chi connectivity index (χ4n) is 1.29. The van der Waals surface area contributed by atoms with Gasteiger partial charge in [0.1, 0.15) is 6.33 Å². The van der Waals surface area contributed by atoms with Crippen molar-refractivity contribution in [2.75, 3.05) is 5.32 Å². The lowest BCUT2D eigenvalue weighted by Gasteiger charge is -1.97. The van der Waals surface area contributed by atoms with E-state index in [1.165, 1.54) is 18.6 Å². The molecule has 2 aromatic rings. The summed E-state index contributed by atoms with van der Waals surface area (Å²) in [6.45, 7) is 1.98. The van der Waals surface area contributed by atoms with Gasteiger partial charge in [0.25, 0.3) is 0 Å². The van der Waals surface area contributed by atoms with Crippen molar-refractivity contribution in [1.29, 1.82) is 0 Å². The number of anilines is 1. The summed E-state index contributed by atoms with van der Waals surface area (Å²) in [5.74, 6) is 0.440. The molecule has 0 radical (unpaired) electrons. The van der Waals surface area contributed by atoms with Crippen LogP contribution in [0.15, 0.2) is 42.9 Å². The fraction of sp³-hybridized carbons (Fsp3) is 0.0833. The molecule has 1 aromatic heterocycles. The predicted molar refractivity (Wildman–Crippen MR) is 64.7 cm³/mol. The van der Waals surface area contributed by atoms with Crippen molar-refractivity contribution in [3.8, 4) is 0 Å². The highest BCUT2D eigenvalue weighted by Crippen LogP contribution is 2.04. The number of ketones is 1. The van der Waals surface area contributed by atoms with Gasteiger partial charge in [0.2, 0.25) is 5.95 Å². The maximum Gasteiger partial charge on any atom is 0.222 e. The zero-order valence-corrected chi connectivity index (χ0v) is 9.34. The van der Waals surface area contributed by atoms with Crippen molar-refractivity contribution >= 4 is 11.7 Å². The third-order valence-electron chi connectivity index (χ3n) is 2.21. The quantitative estimate of drug-likeness (QED) is 0.619. The van der Waals surface area contributed by atoms with E-state index in [2.05, 4.69) is 20.5 Å². The average molecular weight is 228 g/mol. The van der Waals surface area contributed by atoms with Gasteiger partial charge in [0, 0.05) is 17.8 Å². The Bertz CT molecular complexity index is 514. The zero-order chi connectivity index (χ0) is 12.1. The molecule has 0 aliphatic heterocycles. The van der Waals surface area contributed by atoms with Gasteiger partial charge in [0.05, 0.1) is 0 Å². The van der Waals surface area contributed by atoms with Gasteiger partial charge in [-0.3, -0.25) is 4.79 Å². The molecule has 0 bridgehead atoms. The van der Waals surface area contributed by atoms with E-state index >= 15 is 0 Å². The summed E-state index contributed by atoms with van der Waals surface area (Å²) in [5, 5.41) is 9.10. The fourth-order valence-corrected chi connectivity index (χ4v) is 1.29. The molecule has 0 saturated heterocycles. The second kappa shape index (κ2) is 5.07. The Labute approximate surface area is 98.6 Å². The van der Waals surface area contributed by atoms with Crippen LogP contribution >= 0.6 is 0 Å². The summed E-state index contributed by atoms with van der Waals surface area (Å²) in [7, 11) is 0. The lowest BCUT2D eigenvalue weighted by atomic mass is 10.1. The lowest BCUT2D eigenvalue weighted by molar-refractivity contribution is 0.104. The first-order valence-corrected chi connectivity index (χ1v) is 5.15. The first-order valence-electron chi connectivity index (χ1n) is 5.15. The topological polar surface area (TPSA) is 70.7 Å². The molecule has 1 heterocycles. The molecule has 0 saturated carbocycles. The van der Waals surface area contributed by atoms with E-state index in [4.69, 9.17) is 0 Å². The normalized spacial score (nSPS) is 10.6.